The van der Waals surface area contributed by atoms with Crippen LogP contribution in [0.25, 0.3) is 0 Å². The number of carboxylic acid groups (broad SMARTS) is 1. The lowest BCUT2D eigenvalue weighted by atomic mass is 9.82. The fraction of sp³-hybridized carbons (Fsp3) is 0.733. The molecule has 0 aromatic carbocycles. The molecular formula is C15H23NO5. The Balaban J connectivity index is 1.93. The standard InChI is InChI=1S/C15H23NO5/c1-3-20-11(21-4-2)8-16-14(17)12-9-5-6-10(7-9)13(12)15(18)19/h5-6,9-13H,3-4,7-8H2,1-2H3,(H,16,17)(H,18,19). The molecular weight excluding hydrogens is 274 g/mol. The second-order valence-corrected chi connectivity index (χ2v) is 5.42. The molecule has 4 atom stereocenters. The van der Waals surface area contributed by atoms with Crippen molar-refractivity contribution in [1.29, 1.82) is 0 Å². The SMILES string of the molecule is CCOC(CNC(=O)C1C2C=CC(C2)C1C(=O)O)OCC. The van der Waals surface area contributed by atoms with E-state index in [2.05, 4.69) is 5.32 Å². The number of allylic oxidation sites excluding steroid dienone is 2. The summed E-state index contributed by atoms with van der Waals surface area (Å²) in [5.74, 6) is -2.19. The molecule has 1 saturated carbocycles. The third-order valence-electron chi connectivity index (χ3n) is 4.20. The first-order valence-corrected chi connectivity index (χ1v) is 7.50. The van der Waals surface area contributed by atoms with Gasteiger partial charge in [-0.05, 0) is 32.1 Å². The van der Waals surface area contributed by atoms with Crippen molar-refractivity contribution in [3.8, 4) is 0 Å². The van der Waals surface area contributed by atoms with Crippen molar-refractivity contribution >= 4 is 11.9 Å². The minimum atomic E-state index is -0.891. The number of carboxylic acids is 1. The van der Waals surface area contributed by atoms with Crippen LogP contribution in [0.15, 0.2) is 12.2 Å². The highest BCUT2D eigenvalue weighted by Crippen LogP contribution is 2.48. The first kappa shape index (κ1) is 16.0. The summed E-state index contributed by atoms with van der Waals surface area (Å²) < 4.78 is 10.7. The van der Waals surface area contributed by atoms with Crippen molar-refractivity contribution in [2.45, 2.75) is 26.6 Å². The zero-order chi connectivity index (χ0) is 15.4. The van der Waals surface area contributed by atoms with Crippen LogP contribution >= 0.6 is 0 Å². The molecule has 2 aliphatic carbocycles. The predicted molar refractivity (Wildman–Crippen MR) is 75.4 cm³/mol. The summed E-state index contributed by atoms with van der Waals surface area (Å²) >= 11 is 0. The van der Waals surface area contributed by atoms with Gasteiger partial charge in [0.15, 0.2) is 6.29 Å². The van der Waals surface area contributed by atoms with E-state index in [4.69, 9.17) is 9.47 Å². The lowest BCUT2D eigenvalue weighted by Gasteiger charge is -2.25. The van der Waals surface area contributed by atoms with Gasteiger partial charge in [0.05, 0.1) is 18.4 Å². The molecule has 0 aliphatic heterocycles. The van der Waals surface area contributed by atoms with E-state index in [1.54, 1.807) is 0 Å². The predicted octanol–water partition coefficient (Wildman–Crippen LogP) is 1.02. The maximum atomic E-state index is 12.3. The molecule has 0 radical (unpaired) electrons. The monoisotopic (exact) mass is 297 g/mol. The molecule has 1 amide bonds. The molecule has 0 saturated heterocycles. The molecule has 1 fully saturated rings. The second-order valence-electron chi connectivity index (χ2n) is 5.42. The summed E-state index contributed by atoms with van der Waals surface area (Å²) in [7, 11) is 0. The number of nitrogens with one attached hydrogen (secondary N) is 1. The Morgan fingerprint density at radius 2 is 1.76 bits per heavy atom. The first-order chi connectivity index (χ1) is 10.1. The van der Waals surface area contributed by atoms with Gasteiger partial charge in [0.25, 0.3) is 0 Å². The lowest BCUT2D eigenvalue weighted by molar-refractivity contribution is -0.150. The van der Waals surface area contributed by atoms with Gasteiger partial charge in [-0.1, -0.05) is 12.2 Å². The Labute approximate surface area is 124 Å². The van der Waals surface area contributed by atoms with Gasteiger partial charge in [0.2, 0.25) is 5.91 Å². The average Bonchev–Trinajstić information content (AvgIpc) is 3.05. The summed E-state index contributed by atoms with van der Waals surface area (Å²) in [6.45, 7) is 4.94. The van der Waals surface area contributed by atoms with Crippen LogP contribution < -0.4 is 5.32 Å². The van der Waals surface area contributed by atoms with Gasteiger partial charge in [-0.3, -0.25) is 9.59 Å². The molecule has 6 heteroatoms. The van der Waals surface area contributed by atoms with E-state index in [1.807, 2.05) is 26.0 Å². The number of amides is 1. The van der Waals surface area contributed by atoms with Gasteiger partial charge in [-0.15, -0.1) is 0 Å². The van der Waals surface area contributed by atoms with Crippen LogP contribution in [0, 0.1) is 23.7 Å². The molecule has 2 rings (SSSR count). The molecule has 2 N–H and O–H groups in total. The van der Waals surface area contributed by atoms with Gasteiger partial charge in [0.1, 0.15) is 0 Å². The molecule has 0 aromatic rings. The van der Waals surface area contributed by atoms with Crippen LogP contribution in [-0.4, -0.2) is 43.0 Å². The van der Waals surface area contributed by atoms with E-state index in [0.29, 0.717) is 13.2 Å². The molecule has 2 aliphatic rings. The number of carbonyl (C=O) groups is 2. The number of rotatable bonds is 8. The normalized spacial score (nSPS) is 30.0. The van der Waals surface area contributed by atoms with Crippen LogP contribution in [-0.2, 0) is 19.1 Å². The topological polar surface area (TPSA) is 84.9 Å². The average molecular weight is 297 g/mol. The van der Waals surface area contributed by atoms with Gasteiger partial charge in [-0.25, -0.2) is 0 Å². The second kappa shape index (κ2) is 7.04. The molecule has 21 heavy (non-hydrogen) atoms. The van der Waals surface area contributed by atoms with Crippen molar-refractivity contribution in [1.82, 2.24) is 5.32 Å². The van der Waals surface area contributed by atoms with Gasteiger partial charge in [-0.2, -0.15) is 0 Å². The van der Waals surface area contributed by atoms with Gasteiger partial charge < -0.3 is 19.9 Å². The van der Waals surface area contributed by atoms with E-state index in [-0.39, 0.29) is 24.3 Å². The number of fused-ring (bicyclic) bond motifs is 2. The van der Waals surface area contributed by atoms with Crippen molar-refractivity contribution in [3.63, 3.8) is 0 Å². The number of hydrogen-bond donors (Lipinski definition) is 2. The van der Waals surface area contributed by atoms with E-state index >= 15 is 0 Å². The molecule has 0 heterocycles. The summed E-state index contributed by atoms with van der Waals surface area (Å²) in [5.41, 5.74) is 0. The molecule has 118 valence electrons. The number of aliphatic carboxylic acids is 1. The first-order valence-electron chi connectivity index (χ1n) is 7.50. The highest BCUT2D eigenvalue weighted by molar-refractivity contribution is 5.86. The van der Waals surface area contributed by atoms with Crippen LogP contribution in [0.2, 0.25) is 0 Å². The zero-order valence-corrected chi connectivity index (χ0v) is 12.5. The minimum absolute atomic E-state index is 0.0159. The Bertz CT molecular complexity index is 416. The zero-order valence-electron chi connectivity index (χ0n) is 12.5. The maximum absolute atomic E-state index is 12.3. The molecule has 0 aromatic heterocycles. The third kappa shape index (κ3) is 3.44. The summed E-state index contributed by atoms with van der Waals surface area (Å²) in [5, 5.41) is 12.1. The Morgan fingerprint density at radius 1 is 1.19 bits per heavy atom. The van der Waals surface area contributed by atoms with E-state index < -0.39 is 24.1 Å². The minimum Gasteiger partial charge on any atom is -0.481 e. The fourth-order valence-corrected chi connectivity index (χ4v) is 3.36. The van der Waals surface area contributed by atoms with Gasteiger partial charge in [0, 0.05) is 13.2 Å². The lowest BCUT2D eigenvalue weighted by Crippen LogP contribution is -2.43. The van der Waals surface area contributed by atoms with Crippen molar-refractivity contribution in [3.05, 3.63) is 12.2 Å². The summed E-state index contributed by atoms with van der Waals surface area (Å²) in [4.78, 5) is 23.7. The van der Waals surface area contributed by atoms with E-state index in [1.165, 1.54) is 0 Å². The molecule has 2 bridgehead atoms. The Morgan fingerprint density at radius 3 is 2.29 bits per heavy atom. The smallest absolute Gasteiger partial charge is 0.307 e. The van der Waals surface area contributed by atoms with Crippen LogP contribution in [0.4, 0.5) is 0 Å². The third-order valence-corrected chi connectivity index (χ3v) is 4.20. The van der Waals surface area contributed by atoms with E-state index in [9.17, 15) is 14.7 Å². The maximum Gasteiger partial charge on any atom is 0.307 e. The quantitative estimate of drug-likeness (QED) is 0.516. The van der Waals surface area contributed by atoms with E-state index in [0.717, 1.165) is 6.42 Å². The summed E-state index contributed by atoms with van der Waals surface area (Å²) in [6, 6.07) is 0. The van der Waals surface area contributed by atoms with Crippen LogP contribution in [0.3, 0.4) is 0 Å². The van der Waals surface area contributed by atoms with Crippen molar-refractivity contribution in [2.75, 3.05) is 19.8 Å². The molecule has 6 nitrogen and oxygen atoms in total. The number of hydrogen-bond acceptors (Lipinski definition) is 4. The van der Waals surface area contributed by atoms with Crippen molar-refractivity contribution < 1.29 is 24.2 Å². The fourth-order valence-electron chi connectivity index (χ4n) is 3.36. The van der Waals surface area contributed by atoms with Gasteiger partial charge >= 0.3 is 5.97 Å². The van der Waals surface area contributed by atoms with Crippen LogP contribution in [0.5, 0.6) is 0 Å². The number of ether oxygens (including phenoxy) is 2. The van der Waals surface area contributed by atoms with Crippen LogP contribution in [0.1, 0.15) is 20.3 Å². The number of carbonyl (C=O) groups excluding carboxylic acids is 1. The highest BCUT2D eigenvalue weighted by atomic mass is 16.7. The molecule has 4 unspecified atom stereocenters. The highest BCUT2D eigenvalue weighted by Gasteiger charge is 2.51. The Kier molecular flexibility index (Phi) is 5.36. The summed E-state index contributed by atoms with van der Waals surface area (Å²) in [6.07, 6.45) is 4.17. The largest absolute Gasteiger partial charge is 0.481 e. The Hall–Kier alpha value is -1.40. The van der Waals surface area contributed by atoms with Crippen molar-refractivity contribution in [2.24, 2.45) is 23.7 Å². The molecule has 0 spiro atoms.